The average molecular weight is 309 g/mol. The van der Waals surface area contributed by atoms with Gasteiger partial charge >= 0.3 is 0 Å². The lowest BCUT2D eigenvalue weighted by atomic mass is 9.84. The molecular formula is C18H23N5. The van der Waals surface area contributed by atoms with Crippen molar-refractivity contribution in [3.63, 3.8) is 0 Å². The molecule has 0 saturated carbocycles. The Kier molecular flexibility index (Phi) is 3.95. The maximum atomic E-state index is 4.45. The Morgan fingerprint density at radius 3 is 2.57 bits per heavy atom. The summed E-state index contributed by atoms with van der Waals surface area (Å²) in [5.41, 5.74) is 1.69. The second-order valence-corrected chi connectivity index (χ2v) is 6.66. The van der Waals surface area contributed by atoms with Crippen molar-refractivity contribution in [1.29, 1.82) is 0 Å². The maximum Gasteiger partial charge on any atom is 0.147 e. The zero-order valence-corrected chi connectivity index (χ0v) is 13.4. The third-order valence-electron chi connectivity index (χ3n) is 5.40. The van der Waals surface area contributed by atoms with E-state index in [-0.39, 0.29) is 0 Å². The molecule has 0 bridgehead atoms. The van der Waals surface area contributed by atoms with Gasteiger partial charge in [-0.2, -0.15) is 0 Å². The highest BCUT2D eigenvalue weighted by molar-refractivity contribution is 5.36. The van der Waals surface area contributed by atoms with Crippen molar-refractivity contribution >= 4 is 5.82 Å². The van der Waals surface area contributed by atoms with Gasteiger partial charge in [0.05, 0.1) is 6.20 Å². The molecule has 5 heteroatoms. The first-order valence-electron chi connectivity index (χ1n) is 8.51. The first-order chi connectivity index (χ1) is 11.4. The van der Waals surface area contributed by atoms with Crippen LogP contribution in [0, 0.1) is 0 Å². The minimum atomic E-state index is 0.370. The summed E-state index contributed by atoms with van der Waals surface area (Å²) in [6.07, 6.45) is 14.3. The van der Waals surface area contributed by atoms with E-state index in [4.69, 9.17) is 0 Å². The van der Waals surface area contributed by atoms with Gasteiger partial charge in [0, 0.05) is 50.0 Å². The van der Waals surface area contributed by atoms with E-state index in [1.54, 1.807) is 12.4 Å². The second kappa shape index (κ2) is 6.24. The topological polar surface area (TPSA) is 45.2 Å². The third-order valence-corrected chi connectivity index (χ3v) is 5.40. The van der Waals surface area contributed by atoms with Crippen molar-refractivity contribution < 1.29 is 0 Å². The van der Waals surface area contributed by atoms with Gasteiger partial charge in [0.1, 0.15) is 5.82 Å². The Morgan fingerprint density at radius 2 is 1.83 bits per heavy atom. The quantitative estimate of drug-likeness (QED) is 0.872. The summed E-state index contributed by atoms with van der Waals surface area (Å²) in [5.74, 6) is 1.01. The fourth-order valence-corrected chi connectivity index (χ4v) is 4.13. The fraction of sp³-hybridized carbons (Fsp3) is 0.500. The smallest absolute Gasteiger partial charge is 0.147 e. The molecule has 0 aromatic carbocycles. The van der Waals surface area contributed by atoms with Crippen molar-refractivity contribution in [2.45, 2.75) is 37.8 Å². The van der Waals surface area contributed by atoms with Crippen LogP contribution in [0.5, 0.6) is 0 Å². The Labute approximate surface area is 137 Å². The van der Waals surface area contributed by atoms with Gasteiger partial charge in [0.2, 0.25) is 0 Å². The predicted octanol–water partition coefficient (Wildman–Crippen LogP) is 2.51. The van der Waals surface area contributed by atoms with Crippen LogP contribution in [0.3, 0.4) is 0 Å². The summed E-state index contributed by atoms with van der Waals surface area (Å²) < 4.78 is 0. The van der Waals surface area contributed by atoms with Crippen LogP contribution < -0.4 is 4.90 Å². The number of piperidine rings is 1. The zero-order chi connectivity index (χ0) is 15.5. The molecule has 23 heavy (non-hydrogen) atoms. The van der Waals surface area contributed by atoms with E-state index in [0.29, 0.717) is 5.54 Å². The minimum Gasteiger partial charge on any atom is -0.355 e. The lowest BCUT2D eigenvalue weighted by Gasteiger charge is -2.45. The Balaban J connectivity index is 1.44. The van der Waals surface area contributed by atoms with Crippen molar-refractivity contribution in [3.8, 4) is 0 Å². The van der Waals surface area contributed by atoms with Gasteiger partial charge in [0.25, 0.3) is 0 Å². The van der Waals surface area contributed by atoms with Crippen molar-refractivity contribution in [2.75, 3.05) is 24.5 Å². The SMILES string of the molecule is c1cncc(CN2CCCC23CCN(c2cnccn2)CC3)c1. The number of aromatic nitrogens is 3. The molecule has 0 aliphatic carbocycles. The van der Waals surface area contributed by atoms with Crippen LogP contribution in [-0.4, -0.2) is 45.0 Å². The number of rotatable bonds is 3. The van der Waals surface area contributed by atoms with E-state index in [2.05, 4.69) is 30.8 Å². The largest absolute Gasteiger partial charge is 0.355 e. The maximum absolute atomic E-state index is 4.45. The van der Waals surface area contributed by atoms with E-state index in [1.165, 1.54) is 37.8 Å². The third kappa shape index (κ3) is 2.93. The average Bonchev–Trinajstić information content (AvgIpc) is 2.99. The predicted molar refractivity (Wildman–Crippen MR) is 90.1 cm³/mol. The summed E-state index contributed by atoms with van der Waals surface area (Å²) in [6, 6.07) is 4.22. The van der Waals surface area contributed by atoms with Crippen molar-refractivity contribution in [3.05, 3.63) is 48.7 Å². The highest BCUT2D eigenvalue weighted by Gasteiger charge is 2.43. The molecule has 2 saturated heterocycles. The summed E-state index contributed by atoms with van der Waals surface area (Å²) in [6.45, 7) is 4.38. The van der Waals surface area contributed by atoms with E-state index in [9.17, 15) is 0 Å². The number of likely N-dealkylation sites (tertiary alicyclic amines) is 1. The van der Waals surface area contributed by atoms with E-state index < -0.39 is 0 Å². The number of pyridine rings is 1. The molecule has 0 radical (unpaired) electrons. The standard InChI is InChI=1S/C18H23N5/c1-3-16(13-19-7-1)15-23-10-2-4-18(23)5-11-22(12-6-18)17-14-20-8-9-21-17/h1,3,7-9,13-14H,2,4-6,10-12,15H2. The molecule has 120 valence electrons. The van der Waals surface area contributed by atoms with Gasteiger partial charge in [-0.05, 0) is 43.9 Å². The molecule has 0 unspecified atom stereocenters. The molecule has 0 amide bonds. The monoisotopic (exact) mass is 309 g/mol. The molecular weight excluding hydrogens is 286 g/mol. The Bertz CT molecular complexity index is 622. The molecule has 2 aliphatic heterocycles. The molecule has 0 atom stereocenters. The second-order valence-electron chi connectivity index (χ2n) is 6.66. The van der Waals surface area contributed by atoms with Gasteiger partial charge in [-0.1, -0.05) is 6.07 Å². The lowest BCUT2D eigenvalue weighted by Crippen LogP contribution is -2.52. The molecule has 5 nitrogen and oxygen atoms in total. The van der Waals surface area contributed by atoms with Gasteiger partial charge in [-0.3, -0.25) is 14.9 Å². The van der Waals surface area contributed by atoms with Crippen LogP contribution in [0.2, 0.25) is 0 Å². The minimum absolute atomic E-state index is 0.370. The van der Waals surface area contributed by atoms with Gasteiger partial charge in [0.15, 0.2) is 0 Å². The first-order valence-corrected chi connectivity index (χ1v) is 8.51. The molecule has 1 spiro atoms. The summed E-state index contributed by atoms with van der Waals surface area (Å²) in [7, 11) is 0. The molecule has 2 aliphatic rings. The highest BCUT2D eigenvalue weighted by Crippen LogP contribution is 2.39. The van der Waals surface area contributed by atoms with Crippen LogP contribution >= 0.6 is 0 Å². The fourth-order valence-electron chi connectivity index (χ4n) is 4.13. The van der Waals surface area contributed by atoms with Crippen LogP contribution in [-0.2, 0) is 6.54 Å². The van der Waals surface area contributed by atoms with E-state index >= 15 is 0 Å². The van der Waals surface area contributed by atoms with Gasteiger partial charge < -0.3 is 4.90 Å². The van der Waals surface area contributed by atoms with E-state index in [0.717, 1.165) is 25.5 Å². The van der Waals surface area contributed by atoms with Crippen LogP contribution in [0.1, 0.15) is 31.2 Å². The normalized spacial score (nSPS) is 21.0. The highest BCUT2D eigenvalue weighted by atomic mass is 15.3. The summed E-state index contributed by atoms with van der Waals surface area (Å²) in [5, 5.41) is 0. The zero-order valence-electron chi connectivity index (χ0n) is 13.4. The number of anilines is 1. The van der Waals surface area contributed by atoms with Crippen molar-refractivity contribution in [1.82, 2.24) is 19.9 Å². The van der Waals surface area contributed by atoms with Crippen molar-refractivity contribution in [2.24, 2.45) is 0 Å². The van der Waals surface area contributed by atoms with Crippen LogP contribution in [0.15, 0.2) is 43.1 Å². The lowest BCUT2D eigenvalue weighted by molar-refractivity contribution is 0.0995. The first kappa shape index (κ1) is 14.6. The molecule has 4 rings (SSSR count). The molecule has 4 heterocycles. The van der Waals surface area contributed by atoms with Gasteiger partial charge in [-0.25, -0.2) is 4.98 Å². The Morgan fingerprint density at radius 1 is 0.957 bits per heavy atom. The summed E-state index contributed by atoms with van der Waals surface area (Å²) >= 11 is 0. The number of hydrogen-bond acceptors (Lipinski definition) is 5. The molecule has 2 aromatic heterocycles. The van der Waals surface area contributed by atoms with Crippen LogP contribution in [0.4, 0.5) is 5.82 Å². The van der Waals surface area contributed by atoms with E-state index in [1.807, 2.05) is 24.7 Å². The molecule has 2 fully saturated rings. The summed E-state index contributed by atoms with van der Waals surface area (Å²) in [4.78, 5) is 18.0. The Hall–Kier alpha value is -2.01. The van der Waals surface area contributed by atoms with Crippen LogP contribution in [0.25, 0.3) is 0 Å². The molecule has 0 N–H and O–H groups in total. The number of hydrogen-bond donors (Lipinski definition) is 0. The number of nitrogens with zero attached hydrogens (tertiary/aromatic N) is 5. The van der Waals surface area contributed by atoms with Gasteiger partial charge in [-0.15, -0.1) is 0 Å². The molecule has 2 aromatic rings.